The van der Waals surface area contributed by atoms with Gasteiger partial charge < -0.3 is 14.5 Å². The summed E-state index contributed by atoms with van der Waals surface area (Å²) in [6.07, 6.45) is 2.73. The summed E-state index contributed by atoms with van der Waals surface area (Å²) in [4.78, 5) is 0. The number of hydrogen-bond acceptors (Lipinski definition) is 3. The van der Waals surface area contributed by atoms with Gasteiger partial charge >= 0.3 is 0 Å². The van der Waals surface area contributed by atoms with Gasteiger partial charge in [-0.2, -0.15) is 0 Å². The van der Waals surface area contributed by atoms with Crippen LogP contribution in [-0.2, 0) is 6.42 Å². The zero-order valence-electron chi connectivity index (χ0n) is 23.3. The van der Waals surface area contributed by atoms with E-state index in [1.165, 1.54) is 23.3 Å². The lowest BCUT2D eigenvalue weighted by Crippen LogP contribution is -2.44. The number of nitrogens with one attached hydrogen (secondary N) is 1. The Balaban J connectivity index is 1.70. The van der Waals surface area contributed by atoms with Gasteiger partial charge in [-0.05, 0) is 85.9 Å². The topological polar surface area (TPSA) is 30.5 Å². The molecule has 0 saturated heterocycles. The molecule has 2 aliphatic rings. The number of hydrogen-bond donors (Lipinski definition) is 1. The summed E-state index contributed by atoms with van der Waals surface area (Å²) in [5, 5.41) is 3.77. The molecule has 5 heteroatoms. The quantitative estimate of drug-likeness (QED) is 0.351. The van der Waals surface area contributed by atoms with Gasteiger partial charge in [0.25, 0.3) is 8.32 Å². The van der Waals surface area contributed by atoms with E-state index in [1.54, 1.807) is 0 Å². The first-order chi connectivity index (χ1) is 17.3. The molecular weight excluding hydrogens is 477 g/mol. The highest BCUT2D eigenvalue weighted by Gasteiger charge is 2.41. The first-order valence-corrected chi connectivity index (χ1v) is 16.0. The molecule has 3 aromatic carbocycles. The molecule has 5 rings (SSSR count). The maximum Gasteiger partial charge on any atom is 0.250 e. The maximum atomic E-state index is 13.7. The molecule has 0 amide bonds. The Morgan fingerprint density at radius 2 is 1.70 bits per heavy atom. The summed E-state index contributed by atoms with van der Waals surface area (Å²) in [5.41, 5.74) is 7.78. The van der Waals surface area contributed by atoms with E-state index in [-0.39, 0.29) is 22.5 Å². The van der Waals surface area contributed by atoms with Crippen molar-refractivity contribution in [2.75, 3.05) is 5.32 Å². The molecule has 194 valence electrons. The van der Waals surface area contributed by atoms with E-state index in [2.05, 4.69) is 84.2 Å². The maximum absolute atomic E-state index is 13.7. The lowest BCUT2D eigenvalue weighted by Gasteiger charge is -2.40. The predicted molar refractivity (Wildman–Crippen MR) is 155 cm³/mol. The molecule has 1 N–H and O–H groups in total. The molecule has 2 aliphatic heterocycles. The van der Waals surface area contributed by atoms with Crippen LogP contribution in [0.2, 0.25) is 18.1 Å². The van der Waals surface area contributed by atoms with Crippen LogP contribution in [-0.4, -0.2) is 13.9 Å². The Hall–Kier alpha value is -3.05. The highest BCUT2D eigenvalue weighted by Crippen LogP contribution is 2.53. The van der Waals surface area contributed by atoms with Gasteiger partial charge in [-0.3, -0.25) is 0 Å². The number of allylic oxidation sites excluding steroid dienone is 1. The van der Waals surface area contributed by atoms with E-state index in [4.69, 9.17) is 9.16 Å². The van der Waals surface area contributed by atoms with Gasteiger partial charge in [0.05, 0.1) is 11.1 Å². The summed E-state index contributed by atoms with van der Waals surface area (Å²) in [7, 11) is -2.09. The molecule has 0 fully saturated rings. The molecule has 0 saturated carbocycles. The molecule has 0 bridgehead atoms. The lowest BCUT2D eigenvalue weighted by atomic mass is 9.80. The summed E-state index contributed by atoms with van der Waals surface area (Å²) in [6.45, 7) is 17.9. The number of anilines is 1. The SMILES string of the molecule is CC1=CC(C)(C)Nc2ccc3c(c21)C(Cc1ccc(F)cc1)Oc1cccc(O[Si](C)(C)C(C)(C)C)c1-3. The van der Waals surface area contributed by atoms with Gasteiger partial charge in [0, 0.05) is 23.2 Å². The van der Waals surface area contributed by atoms with Crippen LogP contribution in [0.15, 0.2) is 60.7 Å². The molecule has 0 aliphatic carbocycles. The standard InChI is InChI=1S/C32H38FNO2Si/c1-20-19-32(5,6)34-24-17-16-23-29-25(10-9-11-26(29)36-37(7,8)31(2,3)4)35-27(30(23)28(20)24)18-21-12-14-22(33)15-13-21/h9-17,19,27,34H,18H2,1-8H3. The summed E-state index contributed by atoms with van der Waals surface area (Å²) in [5.74, 6) is 1.49. The number of benzene rings is 3. The normalized spacial score (nSPS) is 18.0. The number of ether oxygens (including phenoxy) is 1. The molecule has 37 heavy (non-hydrogen) atoms. The second kappa shape index (κ2) is 8.76. The van der Waals surface area contributed by atoms with Gasteiger partial charge in [-0.15, -0.1) is 0 Å². The Morgan fingerprint density at radius 3 is 2.38 bits per heavy atom. The Kier molecular flexibility index (Phi) is 6.06. The van der Waals surface area contributed by atoms with Gasteiger partial charge in [-0.1, -0.05) is 51.1 Å². The minimum absolute atomic E-state index is 0.0733. The molecule has 2 heterocycles. The van der Waals surface area contributed by atoms with E-state index in [0.717, 1.165) is 39.4 Å². The minimum atomic E-state index is -2.09. The van der Waals surface area contributed by atoms with Crippen molar-refractivity contribution < 1.29 is 13.6 Å². The molecule has 0 aromatic heterocycles. The third-order valence-electron chi connectivity index (χ3n) is 8.03. The zero-order chi connectivity index (χ0) is 26.8. The predicted octanol–water partition coefficient (Wildman–Crippen LogP) is 9.16. The van der Waals surface area contributed by atoms with Crippen LogP contribution in [0.3, 0.4) is 0 Å². The van der Waals surface area contributed by atoms with E-state index in [1.807, 2.05) is 24.3 Å². The fourth-order valence-electron chi connectivity index (χ4n) is 5.28. The Bertz CT molecular complexity index is 1380. The van der Waals surface area contributed by atoms with Gasteiger partial charge in [0.1, 0.15) is 23.4 Å². The van der Waals surface area contributed by atoms with Crippen LogP contribution in [0.25, 0.3) is 16.7 Å². The monoisotopic (exact) mass is 515 g/mol. The second-order valence-electron chi connectivity index (χ2n) is 12.6. The smallest absolute Gasteiger partial charge is 0.250 e. The van der Waals surface area contributed by atoms with Crippen LogP contribution in [0.1, 0.15) is 64.3 Å². The molecule has 1 atom stereocenters. The number of rotatable bonds is 4. The average molecular weight is 516 g/mol. The van der Waals surface area contributed by atoms with Gasteiger partial charge in [0.2, 0.25) is 0 Å². The van der Waals surface area contributed by atoms with Crippen molar-refractivity contribution in [3.63, 3.8) is 0 Å². The van der Waals surface area contributed by atoms with Crippen LogP contribution in [0, 0.1) is 5.82 Å². The fourth-order valence-corrected chi connectivity index (χ4v) is 6.30. The van der Waals surface area contributed by atoms with Crippen molar-refractivity contribution in [3.05, 3.63) is 83.2 Å². The second-order valence-corrected chi connectivity index (χ2v) is 17.3. The summed E-state index contributed by atoms with van der Waals surface area (Å²) >= 11 is 0. The van der Waals surface area contributed by atoms with E-state index < -0.39 is 8.32 Å². The fraction of sp³-hybridized carbons (Fsp3) is 0.375. The molecular formula is C32H38FNO2Si. The highest BCUT2D eigenvalue weighted by atomic mass is 28.4. The van der Waals surface area contributed by atoms with Crippen molar-refractivity contribution >= 4 is 19.6 Å². The number of fused-ring (bicyclic) bond motifs is 5. The molecule has 3 nitrogen and oxygen atoms in total. The van der Waals surface area contributed by atoms with Crippen LogP contribution in [0.4, 0.5) is 10.1 Å². The van der Waals surface area contributed by atoms with Gasteiger partial charge in [-0.25, -0.2) is 4.39 Å². The van der Waals surface area contributed by atoms with Crippen LogP contribution >= 0.6 is 0 Å². The Morgan fingerprint density at radius 1 is 1.00 bits per heavy atom. The van der Waals surface area contributed by atoms with Crippen molar-refractivity contribution in [3.8, 4) is 22.6 Å². The molecule has 0 radical (unpaired) electrons. The largest absolute Gasteiger partial charge is 0.543 e. The molecule has 3 aromatic rings. The van der Waals surface area contributed by atoms with E-state index >= 15 is 0 Å². The van der Waals surface area contributed by atoms with Crippen molar-refractivity contribution in [2.24, 2.45) is 0 Å². The zero-order valence-corrected chi connectivity index (χ0v) is 24.3. The van der Waals surface area contributed by atoms with Crippen molar-refractivity contribution in [1.82, 2.24) is 0 Å². The van der Waals surface area contributed by atoms with Crippen molar-refractivity contribution in [1.29, 1.82) is 0 Å². The van der Waals surface area contributed by atoms with E-state index in [0.29, 0.717) is 6.42 Å². The highest BCUT2D eigenvalue weighted by molar-refractivity contribution is 6.74. The molecule has 0 spiro atoms. The number of halogens is 1. The van der Waals surface area contributed by atoms with Crippen molar-refractivity contribution in [2.45, 2.75) is 77.7 Å². The Labute approximate surface area is 221 Å². The minimum Gasteiger partial charge on any atom is -0.543 e. The lowest BCUT2D eigenvalue weighted by molar-refractivity contribution is 0.202. The third kappa shape index (κ3) is 4.70. The van der Waals surface area contributed by atoms with Crippen LogP contribution < -0.4 is 14.5 Å². The van der Waals surface area contributed by atoms with Crippen LogP contribution in [0.5, 0.6) is 11.5 Å². The van der Waals surface area contributed by atoms with Gasteiger partial charge in [0.15, 0.2) is 0 Å². The first-order valence-electron chi connectivity index (χ1n) is 13.1. The summed E-state index contributed by atoms with van der Waals surface area (Å²) < 4.78 is 27.3. The molecule has 1 unspecified atom stereocenters. The third-order valence-corrected chi connectivity index (χ3v) is 12.4. The first kappa shape index (κ1) is 25.6. The van der Waals surface area contributed by atoms with E-state index in [9.17, 15) is 4.39 Å². The summed E-state index contributed by atoms with van der Waals surface area (Å²) in [6, 6.07) is 17.3. The average Bonchev–Trinajstić information content (AvgIpc) is 2.78.